The maximum atomic E-state index is 12.0. The first kappa shape index (κ1) is 18.9. The normalized spacial score (nSPS) is 10.2. The molecule has 0 bridgehead atoms. The van der Waals surface area contributed by atoms with E-state index >= 15 is 0 Å². The average Bonchev–Trinajstić information content (AvgIpc) is 2.34. The Hall–Kier alpha value is -2.05. The number of nitrogens with zero attached hydrogens (tertiary/aromatic N) is 1. The molecule has 0 saturated carbocycles. The number of hydrogen-bond acceptors (Lipinski definition) is 5. The topological polar surface area (TPSA) is 84.9 Å². The Bertz CT molecular complexity index is 380. The van der Waals surface area contributed by atoms with Crippen molar-refractivity contribution >= 4 is 18.1 Å². The fraction of sp³-hybridized carbons (Fsp3) is 0.643. The molecule has 1 N–H and O–H groups in total. The fourth-order valence-electron chi connectivity index (χ4n) is 1.31. The van der Waals surface area contributed by atoms with E-state index in [-0.39, 0.29) is 12.5 Å². The number of ether oxygens (including phenoxy) is 2. The number of unbranched alkanes of at least 4 members (excludes halogenated alkanes) is 1. The number of rotatable bonds is 6. The Balaban J connectivity index is 4.74. The lowest BCUT2D eigenvalue weighted by molar-refractivity contribution is -0.132. The largest absolute Gasteiger partial charge is 0.446 e. The van der Waals surface area contributed by atoms with Gasteiger partial charge in [-0.25, -0.2) is 15.0 Å². The first-order valence-electron chi connectivity index (χ1n) is 6.89. The quantitative estimate of drug-likeness (QED) is 0.463. The Morgan fingerprint density at radius 3 is 2.19 bits per heavy atom. The minimum Gasteiger partial charge on any atom is -0.446 e. The van der Waals surface area contributed by atoms with Crippen LogP contribution >= 0.6 is 0 Å². The summed E-state index contributed by atoms with van der Waals surface area (Å²) in [5.74, 6) is -0.566. The van der Waals surface area contributed by atoms with Gasteiger partial charge < -0.3 is 9.47 Å². The van der Waals surface area contributed by atoms with Crippen LogP contribution in [-0.4, -0.2) is 35.3 Å². The van der Waals surface area contributed by atoms with E-state index in [1.807, 2.05) is 0 Å². The minimum absolute atomic E-state index is 0.0845. The molecule has 3 amide bonds. The molecule has 120 valence electrons. The molecule has 7 nitrogen and oxygen atoms in total. The van der Waals surface area contributed by atoms with Crippen LogP contribution in [0, 0.1) is 0 Å². The number of amides is 3. The lowest BCUT2D eigenvalue weighted by Gasteiger charge is -2.22. The van der Waals surface area contributed by atoms with Gasteiger partial charge in [-0.15, -0.1) is 11.6 Å². The number of hydrogen-bond donors (Lipinski definition) is 1. The highest BCUT2D eigenvalue weighted by molar-refractivity contribution is 5.93. The lowest BCUT2D eigenvalue weighted by atomic mass is 10.2. The predicted octanol–water partition coefficient (Wildman–Crippen LogP) is 2.77. The molecular formula is C14H24N2O5. The highest BCUT2D eigenvalue weighted by Crippen LogP contribution is 2.04. The zero-order valence-electron chi connectivity index (χ0n) is 13.0. The van der Waals surface area contributed by atoms with Gasteiger partial charge in [0, 0.05) is 6.42 Å². The Labute approximate surface area is 125 Å². The van der Waals surface area contributed by atoms with Crippen LogP contribution < -0.4 is 5.43 Å². The molecule has 21 heavy (non-hydrogen) atoms. The molecule has 7 heteroatoms. The van der Waals surface area contributed by atoms with Crippen molar-refractivity contribution < 1.29 is 23.9 Å². The van der Waals surface area contributed by atoms with Crippen LogP contribution in [-0.2, 0) is 14.3 Å². The Morgan fingerprint density at radius 2 is 1.71 bits per heavy atom. The number of carbonyl (C=O) groups excluding carboxylic acids is 3. The van der Waals surface area contributed by atoms with Crippen LogP contribution in [0.25, 0.3) is 0 Å². The van der Waals surface area contributed by atoms with Crippen molar-refractivity contribution in [1.82, 2.24) is 10.4 Å². The van der Waals surface area contributed by atoms with Gasteiger partial charge in [0.1, 0.15) is 0 Å². The van der Waals surface area contributed by atoms with Crippen LogP contribution in [0.4, 0.5) is 9.59 Å². The van der Waals surface area contributed by atoms with Crippen LogP contribution in [0.3, 0.4) is 0 Å². The standard InChI is InChI=1S/C14H24N2O5/c1-6-7-8-9-12(17)16(14(19)21-11(4)5)15-13(18)20-10(2)3/h6,10-11H,1,7-9H2,2-5H3,(H,15,18). The molecule has 0 saturated heterocycles. The molecular weight excluding hydrogens is 276 g/mol. The molecule has 0 aromatic carbocycles. The zero-order valence-corrected chi connectivity index (χ0v) is 13.0. The summed E-state index contributed by atoms with van der Waals surface area (Å²) in [5.41, 5.74) is 2.10. The summed E-state index contributed by atoms with van der Waals surface area (Å²) in [4.78, 5) is 35.4. The third-order valence-corrected chi connectivity index (χ3v) is 2.11. The van der Waals surface area contributed by atoms with Crippen LogP contribution in [0.15, 0.2) is 12.7 Å². The van der Waals surface area contributed by atoms with Gasteiger partial charge in [-0.2, -0.15) is 0 Å². The maximum Gasteiger partial charge on any atom is 0.436 e. The summed E-state index contributed by atoms with van der Waals surface area (Å²) in [6.07, 6.45) is 0.306. The molecule has 0 unspecified atom stereocenters. The van der Waals surface area contributed by atoms with E-state index in [1.54, 1.807) is 33.8 Å². The summed E-state index contributed by atoms with van der Waals surface area (Å²) in [5, 5.41) is 0.549. The van der Waals surface area contributed by atoms with Crippen molar-refractivity contribution in [2.24, 2.45) is 0 Å². The molecule has 0 aliphatic carbocycles. The summed E-state index contributed by atoms with van der Waals surface area (Å²) >= 11 is 0. The fourth-order valence-corrected chi connectivity index (χ4v) is 1.31. The average molecular weight is 300 g/mol. The van der Waals surface area contributed by atoms with E-state index in [2.05, 4.69) is 12.0 Å². The SMILES string of the molecule is C=CCCCC(=O)N(NC(=O)OC(C)C)C(=O)OC(C)C. The minimum atomic E-state index is -0.936. The smallest absolute Gasteiger partial charge is 0.436 e. The molecule has 0 spiro atoms. The molecule has 0 radical (unpaired) electrons. The first-order chi connectivity index (χ1) is 9.77. The zero-order chi connectivity index (χ0) is 16.4. The third kappa shape index (κ3) is 8.67. The van der Waals surface area contributed by atoms with E-state index in [0.29, 0.717) is 17.9 Å². The summed E-state index contributed by atoms with van der Waals surface area (Å²) < 4.78 is 9.77. The highest BCUT2D eigenvalue weighted by atomic mass is 16.6. The molecule has 0 atom stereocenters. The third-order valence-electron chi connectivity index (χ3n) is 2.11. The number of hydrazine groups is 1. The van der Waals surface area contributed by atoms with E-state index in [9.17, 15) is 14.4 Å². The van der Waals surface area contributed by atoms with Crippen molar-refractivity contribution in [3.05, 3.63) is 12.7 Å². The van der Waals surface area contributed by atoms with Crippen molar-refractivity contribution in [1.29, 1.82) is 0 Å². The van der Waals surface area contributed by atoms with Gasteiger partial charge >= 0.3 is 12.2 Å². The van der Waals surface area contributed by atoms with Gasteiger partial charge in [0.25, 0.3) is 5.91 Å². The Kier molecular flexibility index (Phi) is 8.84. The molecule has 0 fully saturated rings. The van der Waals surface area contributed by atoms with Gasteiger partial charge in [0.15, 0.2) is 0 Å². The second kappa shape index (κ2) is 9.79. The molecule has 0 rings (SSSR count). The van der Waals surface area contributed by atoms with Crippen LogP contribution in [0.5, 0.6) is 0 Å². The van der Waals surface area contributed by atoms with Gasteiger partial charge in [0.05, 0.1) is 12.2 Å². The van der Waals surface area contributed by atoms with Crippen molar-refractivity contribution in [3.63, 3.8) is 0 Å². The molecule has 0 aromatic rings. The molecule has 0 aromatic heterocycles. The molecule has 0 heterocycles. The van der Waals surface area contributed by atoms with E-state index in [0.717, 1.165) is 0 Å². The van der Waals surface area contributed by atoms with E-state index in [1.165, 1.54) is 0 Å². The maximum absolute atomic E-state index is 12.0. The Morgan fingerprint density at radius 1 is 1.14 bits per heavy atom. The first-order valence-corrected chi connectivity index (χ1v) is 6.89. The van der Waals surface area contributed by atoms with Gasteiger partial charge in [-0.1, -0.05) is 6.08 Å². The predicted molar refractivity (Wildman–Crippen MR) is 77.3 cm³/mol. The molecule has 0 aliphatic heterocycles. The summed E-state index contributed by atoms with van der Waals surface area (Å²) in [6, 6.07) is 0. The second-order valence-electron chi connectivity index (χ2n) is 4.91. The van der Waals surface area contributed by atoms with E-state index < -0.39 is 24.2 Å². The van der Waals surface area contributed by atoms with Crippen LogP contribution in [0.2, 0.25) is 0 Å². The number of nitrogens with one attached hydrogen (secondary N) is 1. The number of allylic oxidation sites excluding steroid dienone is 1. The molecule has 0 aliphatic rings. The monoisotopic (exact) mass is 300 g/mol. The van der Waals surface area contributed by atoms with Crippen LogP contribution in [0.1, 0.15) is 47.0 Å². The number of carbonyl (C=O) groups is 3. The second-order valence-corrected chi connectivity index (χ2v) is 4.91. The lowest BCUT2D eigenvalue weighted by Crippen LogP contribution is -2.51. The van der Waals surface area contributed by atoms with E-state index in [4.69, 9.17) is 9.47 Å². The highest BCUT2D eigenvalue weighted by Gasteiger charge is 2.26. The van der Waals surface area contributed by atoms with Gasteiger partial charge in [0.2, 0.25) is 0 Å². The van der Waals surface area contributed by atoms with Gasteiger partial charge in [-0.3, -0.25) is 4.79 Å². The number of imide groups is 1. The van der Waals surface area contributed by atoms with Gasteiger partial charge in [-0.05, 0) is 40.5 Å². The van der Waals surface area contributed by atoms with Crippen molar-refractivity contribution in [2.45, 2.75) is 59.2 Å². The van der Waals surface area contributed by atoms with Crippen molar-refractivity contribution in [3.8, 4) is 0 Å². The van der Waals surface area contributed by atoms with Crippen molar-refractivity contribution in [2.75, 3.05) is 0 Å². The summed E-state index contributed by atoms with van der Waals surface area (Å²) in [6.45, 7) is 10.1. The summed E-state index contributed by atoms with van der Waals surface area (Å²) in [7, 11) is 0.